The average Bonchev–Trinajstić information content (AvgIpc) is 2.68. The number of fused-ring (bicyclic) bond motifs is 1. The van der Waals surface area contributed by atoms with Gasteiger partial charge in [0.2, 0.25) is 5.13 Å². The minimum atomic E-state index is 0.635. The molecule has 1 aromatic rings. The highest BCUT2D eigenvalue weighted by atomic mass is 32.1. The normalized spacial score (nSPS) is 19.9. The summed E-state index contributed by atoms with van der Waals surface area (Å²) in [5, 5.41) is 4.40. The van der Waals surface area contributed by atoms with Crippen molar-refractivity contribution in [2.45, 2.75) is 38.6 Å². The zero-order valence-corrected chi connectivity index (χ0v) is 9.94. The first-order valence-corrected chi connectivity index (χ1v) is 6.33. The van der Waals surface area contributed by atoms with Gasteiger partial charge in [-0.25, -0.2) is 9.98 Å². The molecule has 1 unspecified atom stereocenters. The van der Waals surface area contributed by atoms with Crippen molar-refractivity contribution in [2.24, 2.45) is 4.99 Å². The molecule has 0 aliphatic heterocycles. The Morgan fingerprint density at radius 2 is 2.53 bits per heavy atom. The average molecular weight is 223 g/mol. The summed E-state index contributed by atoms with van der Waals surface area (Å²) in [6, 6.07) is 0.635. The van der Waals surface area contributed by atoms with E-state index in [1.807, 2.05) is 0 Å². The lowest BCUT2D eigenvalue weighted by Gasteiger charge is -2.21. The van der Waals surface area contributed by atoms with Gasteiger partial charge in [-0.2, -0.15) is 0 Å². The van der Waals surface area contributed by atoms with Crippen molar-refractivity contribution in [3.63, 3.8) is 0 Å². The van der Waals surface area contributed by atoms with Gasteiger partial charge in [0.25, 0.3) is 0 Å². The summed E-state index contributed by atoms with van der Waals surface area (Å²) < 4.78 is 0. The lowest BCUT2D eigenvalue weighted by molar-refractivity contribution is 0.460. The highest BCUT2D eigenvalue weighted by Crippen LogP contribution is 2.30. The van der Waals surface area contributed by atoms with E-state index >= 15 is 0 Å². The quantitative estimate of drug-likeness (QED) is 0.795. The molecule has 0 saturated heterocycles. The van der Waals surface area contributed by atoms with Crippen LogP contribution in [0.4, 0.5) is 5.13 Å². The molecule has 15 heavy (non-hydrogen) atoms. The Bertz CT molecular complexity index is 346. The number of aliphatic imine (C=N–C) groups is 1. The minimum absolute atomic E-state index is 0.635. The Morgan fingerprint density at radius 3 is 3.27 bits per heavy atom. The minimum Gasteiger partial charge on any atom is -0.314 e. The van der Waals surface area contributed by atoms with Gasteiger partial charge in [-0.3, -0.25) is 0 Å². The number of nitrogens with zero attached hydrogens (tertiary/aromatic N) is 2. The van der Waals surface area contributed by atoms with E-state index < -0.39 is 0 Å². The summed E-state index contributed by atoms with van der Waals surface area (Å²) >= 11 is 1.69. The van der Waals surface area contributed by atoms with Crippen LogP contribution in [0.5, 0.6) is 0 Å². The highest BCUT2D eigenvalue weighted by Gasteiger charge is 2.21. The van der Waals surface area contributed by atoms with Crippen molar-refractivity contribution in [3.8, 4) is 0 Å². The lowest BCUT2D eigenvalue weighted by atomic mass is 9.98. The zero-order valence-electron chi connectivity index (χ0n) is 9.12. The van der Waals surface area contributed by atoms with Gasteiger partial charge in [0.15, 0.2) is 0 Å². The maximum atomic E-state index is 4.45. The molecule has 0 fully saturated rings. The summed E-state index contributed by atoms with van der Waals surface area (Å²) in [4.78, 5) is 9.75. The first-order valence-electron chi connectivity index (χ1n) is 5.52. The molecule has 1 N–H and O–H groups in total. The van der Waals surface area contributed by atoms with E-state index in [0.29, 0.717) is 6.04 Å². The molecule has 0 aromatic carbocycles. The summed E-state index contributed by atoms with van der Waals surface area (Å²) in [5.41, 5.74) is 1.25. The van der Waals surface area contributed by atoms with E-state index in [9.17, 15) is 0 Å². The highest BCUT2D eigenvalue weighted by molar-refractivity contribution is 7.15. The van der Waals surface area contributed by atoms with E-state index in [2.05, 4.69) is 28.9 Å². The number of hydrogen-bond acceptors (Lipinski definition) is 4. The van der Waals surface area contributed by atoms with E-state index in [1.54, 1.807) is 11.3 Å². The molecule has 0 saturated carbocycles. The maximum Gasteiger partial charge on any atom is 0.208 e. The molecule has 1 aromatic heterocycles. The monoisotopic (exact) mass is 223 g/mol. The van der Waals surface area contributed by atoms with Crippen molar-refractivity contribution >= 4 is 23.2 Å². The van der Waals surface area contributed by atoms with Crippen molar-refractivity contribution in [2.75, 3.05) is 6.54 Å². The van der Waals surface area contributed by atoms with Gasteiger partial charge in [-0.05, 0) is 38.9 Å². The first kappa shape index (κ1) is 10.8. The number of nitrogens with one attached hydrogen (secondary N) is 1. The second kappa shape index (κ2) is 4.86. The Balaban J connectivity index is 2.02. The Morgan fingerprint density at radius 1 is 1.67 bits per heavy atom. The standard InChI is InChI=1S/C11H17N3S/c1-3-6-13-8-4-5-9-10(7-8)15-11(12-2)14-9/h8,13H,2-7H2,1H3. The largest absolute Gasteiger partial charge is 0.314 e. The fourth-order valence-electron chi connectivity index (χ4n) is 1.95. The number of thiazole rings is 1. The molecule has 0 amide bonds. The van der Waals surface area contributed by atoms with Gasteiger partial charge in [0.05, 0.1) is 5.69 Å². The van der Waals surface area contributed by atoms with Crippen molar-refractivity contribution in [1.29, 1.82) is 0 Å². The van der Waals surface area contributed by atoms with Crippen LogP contribution in [0.25, 0.3) is 0 Å². The molecule has 0 radical (unpaired) electrons. The topological polar surface area (TPSA) is 37.3 Å². The predicted octanol–water partition coefficient (Wildman–Crippen LogP) is 2.33. The molecule has 3 nitrogen and oxygen atoms in total. The smallest absolute Gasteiger partial charge is 0.208 e. The molecular formula is C11H17N3S. The molecule has 0 spiro atoms. The van der Waals surface area contributed by atoms with Crippen LogP contribution in [0, 0.1) is 0 Å². The second-order valence-corrected chi connectivity index (χ2v) is 4.98. The Labute approximate surface area is 94.7 Å². The van der Waals surface area contributed by atoms with Crippen LogP contribution in [0.2, 0.25) is 0 Å². The van der Waals surface area contributed by atoms with Crippen molar-refractivity contribution in [3.05, 3.63) is 10.6 Å². The van der Waals surface area contributed by atoms with Crippen LogP contribution >= 0.6 is 11.3 Å². The molecule has 2 rings (SSSR count). The fraction of sp³-hybridized carbons (Fsp3) is 0.636. The Hall–Kier alpha value is -0.740. The molecular weight excluding hydrogens is 206 g/mol. The Kier molecular flexibility index (Phi) is 3.49. The molecule has 4 heteroatoms. The third-order valence-electron chi connectivity index (χ3n) is 2.75. The van der Waals surface area contributed by atoms with Crippen LogP contribution in [0.1, 0.15) is 30.3 Å². The van der Waals surface area contributed by atoms with Crippen LogP contribution in [-0.2, 0) is 12.8 Å². The SMILES string of the molecule is C=Nc1nc2c(s1)CC(NCCC)CC2. The molecule has 0 bridgehead atoms. The number of aromatic nitrogens is 1. The maximum absolute atomic E-state index is 4.45. The summed E-state index contributed by atoms with van der Waals surface area (Å²) in [7, 11) is 0. The van der Waals surface area contributed by atoms with Gasteiger partial charge in [0, 0.05) is 10.9 Å². The molecule has 1 aliphatic rings. The molecule has 1 heterocycles. The first-order chi connectivity index (χ1) is 7.33. The lowest BCUT2D eigenvalue weighted by Crippen LogP contribution is -2.34. The number of hydrogen-bond donors (Lipinski definition) is 1. The molecule has 82 valence electrons. The van der Waals surface area contributed by atoms with E-state index in [1.165, 1.54) is 23.4 Å². The summed E-state index contributed by atoms with van der Waals surface area (Å²) in [6.45, 7) is 6.84. The van der Waals surface area contributed by atoms with Gasteiger partial charge >= 0.3 is 0 Å². The zero-order chi connectivity index (χ0) is 10.7. The fourth-order valence-corrected chi connectivity index (χ4v) is 2.94. The predicted molar refractivity (Wildman–Crippen MR) is 65.4 cm³/mol. The van der Waals surface area contributed by atoms with Crippen molar-refractivity contribution in [1.82, 2.24) is 10.3 Å². The van der Waals surface area contributed by atoms with Gasteiger partial charge in [0.1, 0.15) is 0 Å². The summed E-state index contributed by atoms with van der Waals surface area (Å²) in [5.74, 6) is 0. The second-order valence-electron chi connectivity index (χ2n) is 3.92. The summed E-state index contributed by atoms with van der Waals surface area (Å²) in [6.07, 6.45) is 4.60. The number of aryl methyl sites for hydroxylation is 1. The van der Waals surface area contributed by atoms with Crippen LogP contribution in [0.3, 0.4) is 0 Å². The van der Waals surface area contributed by atoms with Gasteiger partial charge in [-0.1, -0.05) is 18.3 Å². The van der Waals surface area contributed by atoms with Crippen LogP contribution < -0.4 is 5.32 Å². The third-order valence-corrected chi connectivity index (χ3v) is 3.80. The third kappa shape index (κ3) is 2.44. The van der Waals surface area contributed by atoms with Crippen LogP contribution in [-0.4, -0.2) is 24.3 Å². The van der Waals surface area contributed by atoms with Gasteiger partial charge in [-0.15, -0.1) is 0 Å². The van der Waals surface area contributed by atoms with Gasteiger partial charge < -0.3 is 5.32 Å². The van der Waals surface area contributed by atoms with Crippen LogP contribution in [0.15, 0.2) is 4.99 Å². The van der Waals surface area contributed by atoms with E-state index in [4.69, 9.17) is 0 Å². The number of rotatable bonds is 4. The van der Waals surface area contributed by atoms with E-state index in [-0.39, 0.29) is 0 Å². The molecule has 1 atom stereocenters. The van der Waals surface area contributed by atoms with E-state index in [0.717, 1.165) is 24.5 Å². The molecule has 1 aliphatic carbocycles. The van der Waals surface area contributed by atoms with Crippen molar-refractivity contribution < 1.29 is 0 Å².